The Morgan fingerprint density at radius 3 is 2.54 bits per heavy atom. The van der Waals surface area contributed by atoms with Gasteiger partial charge in [0.25, 0.3) is 0 Å². The van der Waals surface area contributed by atoms with Gasteiger partial charge in [0.05, 0.1) is 5.02 Å². The Hall–Kier alpha value is -3.76. The van der Waals surface area contributed by atoms with Crippen molar-refractivity contribution in [1.29, 1.82) is 0 Å². The third-order valence-corrected chi connectivity index (χ3v) is 8.03. The average molecular weight is 582 g/mol. The van der Waals surface area contributed by atoms with Gasteiger partial charge >= 0.3 is 6.01 Å². The molecule has 1 N–H and O–H groups in total. The minimum absolute atomic E-state index is 0.00188. The van der Waals surface area contributed by atoms with Crippen LogP contribution in [0.5, 0.6) is 11.8 Å². The fraction of sp³-hybridized carbons (Fsp3) is 0.367. The standard InChI is InChI=1S/C30H30ClF2N5O3/c1-18(39)37-7-9-38(10-8-37)28-23-15-24(31)25(22-14-20(40)13-19-5-3-4-6-21(19)22)26(32)27(23)34-29(35-28)41-12-11-36-16-30(2,33)17-36/h3-6,13-15,40H,7-12,16-17H2,1-2H3. The van der Waals surface area contributed by atoms with E-state index in [4.69, 9.17) is 16.3 Å². The second kappa shape index (κ2) is 10.6. The molecule has 41 heavy (non-hydrogen) atoms. The number of phenols is 1. The number of carbonyl (C=O) groups excluding carboxylic acids is 1. The van der Waals surface area contributed by atoms with E-state index in [0.717, 1.165) is 10.8 Å². The number of halogens is 3. The molecule has 2 fully saturated rings. The highest BCUT2D eigenvalue weighted by Gasteiger charge is 2.38. The molecule has 2 saturated heterocycles. The van der Waals surface area contributed by atoms with Crippen molar-refractivity contribution in [2.24, 2.45) is 0 Å². The maximum Gasteiger partial charge on any atom is 0.319 e. The number of fused-ring (bicyclic) bond motifs is 2. The average Bonchev–Trinajstić information content (AvgIpc) is 2.92. The maximum absolute atomic E-state index is 16.5. The normalized spacial score (nSPS) is 17.2. The molecule has 11 heteroatoms. The van der Waals surface area contributed by atoms with Gasteiger partial charge in [-0.05, 0) is 41.5 Å². The van der Waals surface area contributed by atoms with Crippen LogP contribution in [-0.4, -0.2) is 88.9 Å². The van der Waals surface area contributed by atoms with Crippen molar-refractivity contribution in [1.82, 2.24) is 19.8 Å². The van der Waals surface area contributed by atoms with Crippen LogP contribution in [-0.2, 0) is 4.79 Å². The molecule has 1 amide bonds. The first-order valence-electron chi connectivity index (χ1n) is 13.6. The van der Waals surface area contributed by atoms with Gasteiger partial charge in [-0.2, -0.15) is 9.97 Å². The number of hydrogen-bond acceptors (Lipinski definition) is 7. The summed E-state index contributed by atoms with van der Waals surface area (Å²) in [5.74, 6) is -0.217. The lowest BCUT2D eigenvalue weighted by Crippen LogP contribution is -2.57. The monoisotopic (exact) mass is 581 g/mol. The Kier molecular flexibility index (Phi) is 7.07. The first-order chi connectivity index (χ1) is 19.6. The summed E-state index contributed by atoms with van der Waals surface area (Å²) in [7, 11) is 0. The summed E-state index contributed by atoms with van der Waals surface area (Å²) in [5.41, 5.74) is -0.601. The van der Waals surface area contributed by atoms with Gasteiger partial charge in [0.15, 0.2) is 5.82 Å². The number of alkyl halides is 1. The summed E-state index contributed by atoms with van der Waals surface area (Å²) in [6.07, 6.45) is 0. The number of likely N-dealkylation sites (tertiary alicyclic amines) is 1. The van der Waals surface area contributed by atoms with E-state index >= 15 is 4.39 Å². The van der Waals surface area contributed by atoms with Crippen molar-refractivity contribution < 1.29 is 23.4 Å². The van der Waals surface area contributed by atoms with Crippen LogP contribution < -0.4 is 9.64 Å². The summed E-state index contributed by atoms with van der Waals surface area (Å²) in [6, 6.07) is 12.1. The van der Waals surface area contributed by atoms with E-state index in [1.165, 1.54) is 13.0 Å². The number of piperazine rings is 1. The van der Waals surface area contributed by atoms with Crippen molar-refractivity contribution in [3.05, 3.63) is 53.3 Å². The van der Waals surface area contributed by atoms with E-state index in [1.807, 2.05) is 34.1 Å². The van der Waals surface area contributed by atoms with Gasteiger partial charge in [-0.15, -0.1) is 0 Å². The van der Waals surface area contributed by atoms with Crippen molar-refractivity contribution in [2.75, 3.05) is 57.3 Å². The van der Waals surface area contributed by atoms with Crippen molar-refractivity contribution in [2.45, 2.75) is 19.5 Å². The predicted octanol–water partition coefficient (Wildman–Crippen LogP) is 5.04. The van der Waals surface area contributed by atoms with Gasteiger partial charge < -0.3 is 19.6 Å². The number of carbonyl (C=O) groups is 1. The van der Waals surface area contributed by atoms with Gasteiger partial charge in [0.2, 0.25) is 5.91 Å². The Labute approximate surface area is 241 Å². The molecule has 1 aromatic heterocycles. The van der Waals surface area contributed by atoms with Crippen molar-refractivity contribution in [3.8, 4) is 22.9 Å². The lowest BCUT2D eigenvalue weighted by Gasteiger charge is -2.41. The van der Waals surface area contributed by atoms with E-state index in [2.05, 4.69) is 9.97 Å². The number of hydrogen-bond donors (Lipinski definition) is 1. The number of nitrogens with zero attached hydrogens (tertiary/aromatic N) is 5. The number of rotatable bonds is 6. The Balaban J connectivity index is 1.43. The van der Waals surface area contributed by atoms with Crippen LogP contribution in [0.4, 0.5) is 14.6 Å². The third kappa shape index (κ3) is 5.34. The summed E-state index contributed by atoms with van der Waals surface area (Å²) in [6.45, 7) is 6.43. The molecule has 214 valence electrons. The SMILES string of the molecule is CC(=O)N1CCN(c2nc(OCCN3CC(C)(F)C3)nc3c(F)c(-c4cc(O)cc5ccccc45)c(Cl)cc23)CC1. The van der Waals surface area contributed by atoms with Gasteiger partial charge in [-0.1, -0.05) is 35.9 Å². The second-order valence-corrected chi connectivity index (χ2v) is 11.4. The molecule has 2 aliphatic rings. The number of ether oxygens (including phenoxy) is 1. The van der Waals surface area contributed by atoms with Crippen LogP contribution in [0.2, 0.25) is 5.02 Å². The number of aromatic nitrogens is 2. The minimum Gasteiger partial charge on any atom is -0.508 e. The van der Waals surface area contributed by atoms with E-state index < -0.39 is 11.5 Å². The number of phenolic OH excluding ortho intramolecular Hbond substituents is 1. The molecule has 4 aromatic rings. The smallest absolute Gasteiger partial charge is 0.319 e. The highest BCUT2D eigenvalue weighted by Crippen LogP contribution is 2.42. The first kappa shape index (κ1) is 27.4. The zero-order chi connectivity index (χ0) is 28.9. The number of amides is 1. The molecule has 6 rings (SSSR count). The zero-order valence-corrected chi connectivity index (χ0v) is 23.6. The topological polar surface area (TPSA) is 82.0 Å². The largest absolute Gasteiger partial charge is 0.508 e. The van der Waals surface area contributed by atoms with E-state index in [0.29, 0.717) is 62.6 Å². The number of benzene rings is 3. The highest BCUT2D eigenvalue weighted by molar-refractivity contribution is 6.35. The highest BCUT2D eigenvalue weighted by atomic mass is 35.5. The summed E-state index contributed by atoms with van der Waals surface area (Å²) in [4.78, 5) is 26.6. The Morgan fingerprint density at radius 1 is 1.10 bits per heavy atom. The number of anilines is 1. The molecule has 3 heterocycles. The molecular weight excluding hydrogens is 552 g/mol. The van der Waals surface area contributed by atoms with Gasteiger partial charge in [-0.3, -0.25) is 9.69 Å². The van der Waals surface area contributed by atoms with Crippen molar-refractivity contribution in [3.63, 3.8) is 0 Å². The van der Waals surface area contributed by atoms with Crippen LogP contribution in [0.3, 0.4) is 0 Å². The number of aromatic hydroxyl groups is 1. The first-order valence-corrected chi connectivity index (χ1v) is 13.9. The molecular formula is C30H30ClF2N5O3. The summed E-state index contributed by atoms with van der Waals surface area (Å²) < 4.78 is 36.3. The van der Waals surface area contributed by atoms with Crippen LogP contribution in [0.15, 0.2) is 42.5 Å². The van der Waals surface area contributed by atoms with Gasteiger partial charge in [0, 0.05) is 63.7 Å². The minimum atomic E-state index is -1.19. The molecule has 3 aromatic carbocycles. The molecule has 0 atom stereocenters. The van der Waals surface area contributed by atoms with E-state index in [-0.39, 0.29) is 40.4 Å². The molecule has 0 radical (unpaired) electrons. The van der Waals surface area contributed by atoms with Gasteiger partial charge in [0.1, 0.15) is 29.4 Å². The second-order valence-electron chi connectivity index (χ2n) is 11.0. The third-order valence-electron chi connectivity index (χ3n) is 7.73. The van der Waals surface area contributed by atoms with Crippen LogP contribution in [0, 0.1) is 5.82 Å². The fourth-order valence-electron chi connectivity index (χ4n) is 5.76. The molecule has 8 nitrogen and oxygen atoms in total. The van der Waals surface area contributed by atoms with E-state index in [1.54, 1.807) is 24.0 Å². The molecule has 2 aliphatic heterocycles. The lowest BCUT2D eigenvalue weighted by atomic mass is 9.96. The van der Waals surface area contributed by atoms with Crippen LogP contribution in [0.25, 0.3) is 32.8 Å². The van der Waals surface area contributed by atoms with Crippen molar-refractivity contribution >= 4 is 45.0 Å². The fourth-order valence-corrected chi connectivity index (χ4v) is 6.05. The lowest BCUT2D eigenvalue weighted by molar-refractivity contribution is -0.129. The van der Waals surface area contributed by atoms with Crippen LogP contribution >= 0.6 is 11.6 Å². The zero-order valence-electron chi connectivity index (χ0n) is 22.8. The summed E-state index contributed by atoms with van der Waals surface area (Å²) >= 11 is 6.76. The molecule has 0 saturated carbocycles. The molecule has 0 aliphatic carbocycles. The summed E-state index contributed by atoms with van der Waals surface area (Å²) in [5, 5.41) is 12.4. The van der Waals surface area contributed by atoms with Crippen LogP contribution in [0.1, 0.15) is 13.8 Å². The predicted molar refractivity (Wildman–Crippen MR) is 155 cm³/mol. The molecule has 0 spiro atoms. The van der Waals surface area contributed by atoms with E-state index in [9.17, 15) is 14.3 Å². The Bertz CT molecular complexity index is 1650. The maximum atomic E-state index is 16.5. The molecule has 0 unspecified atom stereocenters. The van der Waals surface area contributed by atoms with Gasteiger partial charge in [-0.25, -0.2) is 8.78 Å². The Morgan fingerprint density at radius 2 is 1.83 bits per heavy atom. The molecule has 0 bridgehead atoms. The quantitative estimate of drug-likeness (QED) is 0.342.